The SMILES string of the molecule is CCN(Cc1ccc(C(=O)N(C)C)cc1)C(=O)c1ccc(-c2ccc(F)cc2)s1. The molecule has 0 aliphatic heterocycles. The number of thiophene rings is 1. The molecule has 1 heterocycles. The van der Waals surface area contributed by atoms with E-state index in [0.29, 0.717) is 23.5 Å². The van der Waals surface area contributed by atoms with Crippen LogP contribution >= 0.6 is 11.3 Å². The van der Waals surface area contributed by atoms with Crippen molar-refractivity contribution in [2.24, 2.45) is 0 Å². The zero-order valence-electron chi connectivity index (χ0n) is 16.7. The Morgan fingerprint density at radius 3 is 2.14 bits per heavy atom. The Balaban J connectivity index is 1.72. The first kappa shape index (κ1) is 20.7. The fourth-order valence-corrected chi connectivity index (χ4v) is 3.92. The van der Waals surface area contributed by atoms with Crippen LogP contribution < -0.4 is 0 Å². The third-order valence-electron chi connectivity index (χ3n) is 4.59. The summed E-state index contributed by atoms with van der Waals surface area (Å²) in [4.78, 5) is 29.8. The quantitative estimate of drug-likeness (QED) is 0.579. The first-order chi connectivity index (χ1) is 13.9. The summed E-state index contributed by atoms with van der Waals surface area (Å²) in [5, 5.41) is 0. The Kier molecular flexibility index (Phi) is 6.44. The van der Waals surface area contributed by atoms with Crippen LogP contribution in [0.25, 0.3) is 10.4 Å². The monoisotopic (exact) mass is 410 g/mol. The minimum absolute atomic E-state index is 0.0423. The largest absolute Gasteiger partial charge is 0.345 e. The number of rotatable bonds is 6. The van der Waals surface area contributed by atoms with Crippen LogP contribution in [0.3, 0.4) is 0 Å². The highest BCUT2D eigenvalue weighted by atomic mass is 32.1. The Bertz CT molecular complexity index is 994. The van der Waals surface area contributed by atoms with E-state index in [1.165, 1.54) is 28.4 Å². The van der Waals surface area contributed by atoms with Gasteiger partial charge < -0.3 is 9.80 Å². The first-order valence-electron chi connectivity index (χ1n) is 9.34. The standard InChI is InChI=1S/C23H23FN2O2S/c1-4-26(15-16-5-7-18(8-6-16)22(27)25(2)3)23(28)21-14-13-20(29-21)17-9-11-19(24)12-10-17/h5-14H,4,15H2,1-3H3. The summed E-state index contributed by atoms with van der Waals surface area (Å²) in [5.41, 5.74) is 2.47. The highest BCUT2D eigenvalue weighted by Gasteiger charge is 2.18. The average Bonchev–Trinajstić information content (AvgIpc) is 3.22. The van der Waals surface area contributed by atoms with Crippen LogP contribution in [0.15, 0.2) is 60.7 Å². The topological polar surface area (TPSA) is 40.6 Å². The van der Waals surface area contributed by atoms with Crippen LogP contribution in [-0.4, -0.2) is 42.3 Å². The molecule has 0 radical (unpaired) electrons. The van der Waals surface area contributed by atoms with E-state index in [9.17, 15) is 14.0 Å². The van der Waals surface area contributed by atoms with E-state index in [-0.39, 0.29) is 17.6 Å². The molecule has 0 atom stereocenters. The van der Waals surface area contributed by atoms with Crippen LogP contribution in [0.1, 0.15) is 32.5 Å². The number of hydrogen-bond donors (Lipinski definition) is 0. The smallest absolute Gasteiger partial charge is 0.264 e. The summed E-state index contributed by atoms with van der Waals surface area (Å²) >= 11 is 1.40. The predicted molar refractivity (Wildman–Crippen MR) is 115 cm³/mol. The summed E-state index contributed by atoms with van der Waals surface area (Å²) in [7, 11) is 3.43. The first-order valence-corrected chi connectivity index (χ1v) is 10.2. The Labute approximate surface area is 174 Å². The second kappa shape index (κ2) is 9.01. The molecule has 0 spiro atoms. The molecule has 0 aliphatic rings. The van der Waals surface area contributed by atoms with Gasteiger partial charge >= 0.3 is 0 Å². The Hall–Kier alpha value is -2.99. The highest BCUT2D eigenvalue weighted by molar-refractivity contribution is 7.17. The summed E-state index contributed by atoms with van der Waals surface area (Å²) in [6.07, 6.45) is 0. The van der Waals surface area contributed by atoms with E-state index < -0.39 is 0 Å². The summed E-state index contributed by atoms with van der Waals surface area (Å²) < 4.78 is 13.1. The molecule has 0 N–H and O–H groups in total. The van der Waals surface area contributed by atoms with Gasteiger partial charge in [-0.05, 0) is 54.4 Å². The zero-order valence-corrected chi connectivity index (χ0v) is 17.5. The molecule has 0 unspecified atom stereocenters. The number of hydrogen-bond acceptors (Lipinski definition) is 3. The lowest BCUT2D eigenvalue weighted by Crippen LogP contribution is -2.29. The molecular formula is C23H23FN2O2S. The molecule has 0 saturated carbocycles. The third-order valence-corrected chi connectivity index (χ3v) is 5.72. The second-order valence-corrected chi connectivity index (χ2v) is 7.97. The maximum atomic E-state index is 13.1. The van der Waals surface area contributed by atoms with E-state index in [0.717, 1.165) is 16.0 Å². The molecule has 2 amide bonds. The van der Waals surface area contributed by atoms with E-state index in [2.05, 4.69) is 0 Å². The van der Waals surface area contributed by atoms with Gasteiger partial charge in [0.25, 0.3) is 11.8 Å². The minimum atomic E-state index is -0.280. The van der Waals surface area contributed by atoms with E-state index in [1.54, 1.807) is 43.3 Å². The van der Waals surface area contributed by atoms with Crippen LogP contribution in [0, 0.1) is 5.82 Å². The van der Waals surface area contributed by atoms with E-state index >= 15 is 0 Å². The second-order valence-electron chi connectivity index (χ2n) is 6.89. The van der Waals surface area contributed by atoms with Gasteiger partial charge in [-0.15, -0.1) is 11.3 Å². The van der Waals surface area contributed by atoms with Gasteiger partial charge in [0.05, 0.1) is 4.88 Å². The molecule has 2 aromatic carbocycles. The van der Waals surface area contributed by atoms with Gasteiger partial charge in [0.15, 0.2) is 0 Å². The van der Waals surface area contributed by atoms with E-state index in [1.807, 2.05) is 31.2 Å². The van der Waals surface area contributed by atoms with Gasteiger partial charge in [0, 0.05) is 37.6 Å². The third kappa shape index (κ3) is 4.90. The van der Waals surface area contributed by atoms with Crippen LogP contribution in [-0.2, 0) is 6.54 Å². The van der Waals surface area contributed by atoms with Gasteiger partial charge in [-0.25, -0.2) is 4.39 Å². The predicted octanol–water partition coefficient (Wildman–Crippen LogP) is 4.92. The van der Waals surface area contributed by atoms with Crippen LogP contribution in [0.2, 0.25) is 0 Å². The number of amides is 2. The van der Waals surface area contributed by atoms with Crippen molar-refractivity contribution in [3.8, 4) is 10.4 Å². The van der Waals surface area contributed by atoms with Crippen molar-refractivity contribution in [1.82, 2.24) is 9.80 Å². The maximum Gasteiger partial charge on any atom is 0.264 e. The normalized spacial score (nSPS) is 10.6. The lowest BCUT2D eigenvalue weighted by Gasteiger charge is -2.20. The number of halogens is 1. The molecule has 0 fully saturated rings. The number of carbonyl (C=O) groups is 2. The van der Waals surface area contributed by atoms with Crippen molar-refractivity contribution in [3.05, 3.63) is 82.5 Å². The van der Waals surface area contributed by atoms with Crippen molar-refractivity contribution < 1.29 is 14.0 Å². The fourth-order valence-electron chi connectivity index (χ4n) is 2.94. The van der Waals surface area contributed by atoms with Crippen molar-refractivity contribution in [1.29, 1.82) is 0 Å². The van der Waals surface area contributed by atoms with E-state index in [4.69, 9.17) is 0 Å². The van der Waals surface area contributed by atoms with Crippen LogP contribution in [0.4, 0.5) is 4.39 Å². The van der Waals surface area contributed by atoms with Gasteiger partial charge in [0.2, 0.25) is 0 Å². The van der Waals surface area contributed by atoms with Crippen LogP contribution in [0.5, 0.6) is 0 Å². The van der Waals surface area contributed by atoms with Gasteiger partial charge in [-0.1, -0.05) is 24.3 Å². The number of carbonyl (C=O) groups excluding carboxylic acids is 2. The summed E-state index contributed by atoms with van der Waals surface area (Å²) in [6, 6.07) is 17.3. The lowest BCUT2D eigenvalue weighted by molar-refractivity contribution is 0.0756. The Morgan fingerprint density at radius 1 is 0.897 bits per heavy atom. The molecule has 4 nitrogen and oxygen atoms in total. The molecule has 0 saturated heterocycles. The van der Waals surface area contributed by atoms with Crippen molar-refractivity contribution in [3.63, 3.8) is 0 Å². The summed E-state index contributed by atoms with van der Waals surface area (Å²) in [5.74, 6) is -0.372. The van der Waals surface area contributed by atoms with Crippen molar-refractivity contribution >= 4 is 23.2 Å². The average molecular weight is 411 g/mol. The molecule has 3 aromatic rings. The summed E-state index contributed by atoms with van der Waals surface area (Å²) in [6.45, 7) is 2.98. The molecule has 150 valence electrons. The highest BCUT2D eigenvalue weighted by Crippen LogP contribution is 2.29. The number of nitrogens with zero attached hydrogens (tertiary/aromatic N) is 2. The van der Waals surface area contributed by atoms with Gasteiger partial charge in [-0.2, -0.15) is 0 Å². The molecular weight excluding hydrogens is 387 g/mol. The maximum absolute atomic E-state index is 13.1. The number of benzene rings is 2. The molecule has 3 rings (SSSR count). The van der Waals surface area contributed by atoms with Gasteiger partial charge in [0.1, 0.15) is 5.82 Å². The molecule has 29 heavy (non-hydrogen) atoms. The van der Waals surface area contributed by atoms with Crippen molar-refractivity contribution in [2.45, 2.75) is 13.5 Å². The molecule has 6 heteroatoms. The molecule has 0 aliphatic carbocycles. The fraction of sp³-hybridized carbons (Fsp3) is 0.217. The van der Waals surface area contributed by atoms with Gasteiger partial charge in [-0.3, -0.25) is 9.59 Å². The molecule has 1 aromatic heterocycles. The molecule has 0 bridgehead atoms. The van der Waals surface area contributed by atoms with Crippen molar-refractivity contribution in [2.75, 3.05) is 20.6 Å². The lowest BCUT2D eigenvalue weighted by atomic mass is 10.1. The minimum Gasteiger partial charge on any atom is -0.345 e. The Morgan fingerprint density at radius 2 is 1.55 bits per heavy atom. The zero-order chi connectivity index (χ0) is 21.0.